The van der Waals surface area contributed by atoms with E-state index in [1.165, 1.54) is 0 Å². The number of β-amino-alcohol motifs (C(OH)–C–C–N with tert-alkyl or cyclic N) is 1. The number of likely N-dealkylation sites (tertiary alicyclic amines) is 1. The molecule has 1 saturated heterocycles. The monoisotopic (exact) mass is 282 g/mol. The number of urea groups is 1. The first-order valence-electron chi connectivity index (χ1n) is 6.42. The Bertz CT molecular complexity index is 501. The number of nitrogens with one attached hydrogen (secondary N) is 1. The van der Waals surface area contributed by atoms with Crippen LogP contribution in [0.5, 0.6) is 0 Å². The lowest BCUT2D eigenvalue weighted by Crippen LogP contribution is -2.46. The van der Waals surface area contributed by atoms with E-state index in [4.69, 9.17) is 5.11 Å². The van der Waals surface area contributed by atoms with Crippen LogP contribution in [-0.2, 0) is 11.3 Å². The molecule has 1 aliphatic heterocycles. The molecule has 0 radical (unpaired) electrons. The molecular weight excluding hydrogens is 264 g/mol. The van der Waals surface area contributed by atoms with E-state index in [0.717, 1.165) is 10.5 Å². The molecule has 0 aliphatic carbocycles. The molecule has 1 fully saturated rings. The van der Waals surface area contributed by atoms with Crippen LogP contribution in [-0.4, -0.2) is 62.1 Å². The second-order valence-electron chi connectivity index (χ2n) is 4.91. The molecule has 8 heteroatoms. The van der Waals surface area contributed by atoms with Crippen molar-refractivity contribution in [3.05, 3.63) is 18.0 Å². The van der Waals surface area contributed by atoms with E-state index in [2.05, 4.69) is 10.4 Å². The van der Waals surface area contributed by atoms with Gasteiger partial charge in [-0.3, -0.25) is 4.68 Å². The lowest BCUT2D eigenvalue weighted by molar-refractivity contribution is -0.141. The van der Waals surface area contributed by atoms with Crippen LogP contribution in [0.2, 0.25) is 0 Å². The minimum atomic E-state index is -1.10. The number of carbonyl (C=O) groups is 2. The summed E-state index contributed by atoms with van der Waals surface area (Å²) >= 11 is 0. The number of amides is 2. The molecule has 0 aromatic carbocycles. The van der Waals surface area contributed by atoms with Crippen LogP contribution < -0.4 is 5.32 Å². The molecule has 2 amide bonds. The van der Waals surface area contributed by atoms with E-state index >= 15 is 0 Å². The Hall–Kier alpha value is -2.09. The Morgan fingerprint density at radius 1 is 1.55 bits per heavy atom. The molecular formula is C12H18N4O4. The molecule has 1 aromatic heterocycles. The largest absolute Gasteiger partial charge is 0.480 e. The van der Waals surface area contributed by atoms with Crippen molar-refractivity contribution in [2.45, 2.75) is 32.0 Å². The van der Waals surface area contributed by atoms with Crippen molar-refractivity contribution < 1.29 is 19.8 Å². The number of aliphatic carboxylic acids is 1. The van der Waals surface area contributed by atoms with Gasteiger partial charge in [-0.2, -0.15) is 5.10 Å². The molecule has 8 nitrogen and oxygen atoms in total. The number of aromatic nitrogens is 2. The number of aliphatic hydroxyl groups excluding tert-OH is 1. The lowest BCUT2D eigenvalue weighted by Gasteiger charge is -2.21. The van der Waals surface area contributed by atoms with E-state index in [1.54, 1.807) is 10.9 Å². The SMILES string of the molecule is Cc1cnn(CCNC(=O)N2CC(O)C[C@H]2C(=O)O)c1. The minimum Gasteiger partial charge on any atom is -0.480 e. The van der Waals surface area contributed by atoms with Gasteiger partial charge in [0.1, 0.15) is 6.04 Å². The van der Waals surface area contributed by atoms with E-state index in [1.807, 2.05) is 13.1 Å². The second-order valence-corrected chi connectivity index (χ2v) is 4.91. The molecule has 0 spiro atoms. The van der Waals surface area contributed by atoms with Gasteiger partial charge in [0.15, 0.2) is 0 Å². The Kier molecular flexibility index (Phi) is 4.23. The molecule has 1 aromatic rings. The number of aliphatic hydroxyl groups is 1. The van der Waals surface area contributed by atoms with Gasteiger partial charge in [-0.25, -0.2) is 9.59 Å². The van der Waals surface area contributed by atoms with Crippen molar-refractivity contribution in [3.63, 3.8) is 0 Å². The highest BCUT2D eigenvalue weighted by molar-refractivity contribution is 5.83. The fourth-order valence-corrected chi connectivity index (χ4v) is 2.24. The molecule has 2 heterocycles. The molecule has 2 atom stereocenters. The summed E-state index contributed by atoms with van der Waals surface area (Å²) in [6, 6.07) is -1.44. The smallest absolute Gasteiger partial charge is 0.326 e. The number of rotatable bonds is 4. The standard InChI is InChI=1S/C12H18N4O4/c1-8-5-14-15(6-8)3-2-13-12(20)16-7-9(17)4-10(16)11(18)19/h5-6,9-10,17H,2-4,7H2,1H3,(H,13,20)(H,18,19)/t9?,10-/m0/s1. The van der Waals surface area contributed by atoms with Crippen LogP contribution >= 0.6 is 0 Å². The van der Waals surface area contributed by atoms with Gasteiger partial charge in [0.2, 0.25) is 0 Å². The molecule has 1 aliphatic rings. The zero-order valence-corrected chi connectivity index (χ0v) is 11.2. The van der Waals surface area contributed by atoms with Crippen LogP contribution in [0, 0.1) is 6.92 Å². The first-order chi connectivity index (χ1) is 9.47. The summed E-state index contributed by atoms with van der Waals surface area (Å²) in [5.41, 5.74) is 1.03. The summed E-state index contributed by atoms with van der Waals surface area (Å²) in [4.78, 5) is 24.1. The predicted molar refractivity (Wildman–Crippen MR) is 69.1 cm³/mol. The highest BCUT2D eigenvalue weighted by atomic mass is 16.4. The third kappa shape index (κ3) is 3.27. The van der Waals surface area contributed by atoms with Gasteiger partial charge in [0, 0.05) is 25.7 Å². The maximum absolute atomic E-state index is 11.9. The zero-order chi connectivity index (χ0) is 14.7. The lowest BCUT2D eigenvalue weighted by atomic mass is 10.2. The van der Waals surface area contributed by atoms with Crippen LogP contribution in [0.15, 0.2) is 12.4 Å². The van der Waals surface area contributed by atoms with Crippen molar-refractivity contribution in [2.24, 2.45) is 0 Å². The Morgan fingerprint density at radius 2 is 2.30 bits per heavy atom. The average Bonchev–Trinajstić information content (AvgIpc) is 2.95. The van der Waals surface area contributed by atoms with Crippen molar-refractivity contribution in [1.29, 1.82) is 0 Å². The van der Waals surface area contributed by atoms with Gasteiger partial charge in [0.05, 0.1) is 18.8 Å². The van der Waals surface area contributed by atoms with Crippen molar-refractivity contribution in [3.8, 4) is 0 Å². The highest BCUT2D eigenvalue weighted by Crippen LogP contribution is 2.17. The highest BCUT2D eigenvalue weighted by Gasteiger charge is 2.38. The first-order valence-corrected chi connectivity index (χ1v) is 6.42. The second kappa shape index (κ2) is 5.91. The predicted octanol–water partition coefficient (Wildman–Crippen LogP) is -0.579. The fraction of sp³-hybridized carbons (Fsp3) is 0.583. The Morgan fingerprint density at radius 3 is 2.90 bits per heavy atom. The van der Waals surface area contributed by atoms with Gasteiger partial charge >= 0.3 is 12.0 Å². The molecule has 1 unspecified atom stereocenters. The first kappa shape index (κ1) is 14.3. The van der Waals surface area contributed by atoms with E-state index < -0.39 is 24.1 Å². The van der Waals surface area contributed by atoms with Gasteiger partial charge in [-0.05, 0) is 12.5 Å². The third-order valence-electron chi connectivity index (χ3n) is 3.20. The van der Waals surface area contributed by atoms with E-state index in [0.29, 0.717) is 13.1 Å². The molecule has 0 bridgehead atoms. The van der Waals surface area contributed by atoms with Crippen LogP contribution in [0.25, 0.3) is 0 Å². The van der Waals surface area contributed by atoms with Crippen molar-refractivity contribution >= 4 is 12.0 Å². The van der Waals surface area contributed by atoms with Crippen LogP contribution in [0.3, 0.4) is 0 Å². The summed E-state index contributed by atoms with van der Waals surface area (Å²) in [6.45, 7) is 2.82. The summed E-state index contributed by atoms with van der Waals surface area (Å²) in [5, 5.41) is 25.2. The average molecular weight is 282 g/mol. The summed E-state index contributed by atoms with van der Waals surface area (Å²) in [7, 11) is 0. The maximum atomic E-state index is 11.9. The molecule has 110 valence electrons. The van der Waals surface area contributed by atoms with Crippen LogP contribution in [0.4, 0.5) is 4.79 Å². The van der Waals surface area contributed by atoms with E-state index in [9.17, 15) is 14.7 Å². The van der Waals surface area contributed by atoms with Crippen LogP contribution in [0.1, 0.15) is 12.0 Å². The molecule has 3 N–H and O–H groups in total. The number of nitrogens with zero attached hydrogens (tertiary/aromatic N) is 3. The third-order valence-corrected chi connectivity index (χ3v) is 3.20. The van der Waals surface area contributed by atoms with Gasteiger partial charge < -0.3 is 20.4 Å². The number of carbonyl (C=O) groups excluding carboxylic acids is 1. The summed E-state index contributed by atoms with van der Waals surface area (Å²) in [5.74, 6) is -1.10. The molecule has 20 heavy (non-hydrogen) atoms. The molecule has 2 rings (SSSR count). The number of carboxylic acids is 1. The van der Waals surface area contributed by atoms with Gasteiger partial charge in [-0.15, -0.1) is 0 Å². The number of aryl methyl sites for hydroxylation is 1. The minimum absolute atomic E-state index is 0.0453. The van der Waals surface area contributed by atoms with Crippen molar-refractivity contribution in [1.82, 2.24) is 20.0 Å². The van der Waals surface area contributed by atoms with E-state index in [-0.39, 0.29) is 13.0 Å². The van der Waals surface area contributed by atoms with Gasteiger partial charge in [-0.1, -0.05) is 0 Å². The molecule has 0 saturated carbocycles. The normalized spacial score (nSPS) is 22.0. The summed E-state index contributed by atoms with van der Waals surface area (Å²) in [6.07, 6.45) is 2.86. The van der Waals surface area contributed by atoms with Gasteiger partial charge in [0.25, 0.3) is 0 Å². The number of carboxylic acid groups (broad SMARTS) is 1. The Labute approximate surface area is 116 Å². The summed E-state index contributed by atoms with van der Waals surface area (Å²) < 4.78 is 1.70. The topological polar surface area (TPSA) is 108 Å². The Balaban J connectivity index is 1.83. The quantitative estimate of drug-likeness (QED) is 0.685. The fourth-order valence-electron chi connectivity index (χ4n) is 2.24. The van der Waals surface area contributed by atoms with Crippen molar-refractivity contribution in [2.75, 3.05) is 13.1 Å². The maximum Gasteiger partial charge on any atom is 0.326 e. The zero-order valence-electron chi connectivity index (χ0n) is 11.2. The number of hydrogen-bond acceptors (Lipinski definition) is 4. The number of hydrogen-bond donors (Lipinski definition) is 3.